The van der Waals surface area contributed by atoms with Gasteiger partial charge in [0.1, 0.15) is 17.4 Å². The summed E-state index contributed by atoms with van der Waals surface area (Å²) in [4.78, 5) is 10.6. The number of carboxylic acids is 1. The standard InChI is InChI=1S/C13H7F6NO3/c14-11(12(15,16)17)13(18,19)23-9-3-1-7(2-4-9)5-8(6-20)10(21)22/h1-5,11H,(H,21,22)/b8-5+/t11-/m0/s1. The fourth-order valence-electron chi connectivity index (χ4n) is 1.34. The zero-order chi connectivity index (χ0) is 17.8. The summed E-state index contributed by atoms with van der Waals surface area (Å²) >= 11 is 0. The molecule has 0 amide bonds. The van der Waals surface area contributed by atoms with E-state index < -0.39 is 35.7 Å². The molecule has 0 radical (unpaired) electrons. The summed E-state index contributed by atoms with van der Waals surface area (Å²) < 4.78 is 78.2. The minimum absolute atomic E-state index is 0.0900. The first kappa shape index (κ1) is 18.3. The van der Waals surface area contributed by atoms with Crippen LogP contribution in [-0.4, -0.2) is 29.5 Å². The van der Waals surface area contributed by atoms with Crippen LogP contribution < -0.4 is 4.74 Å². The van der Waals surface area contributed by atoms with E-state index in [9.17, 15) is 31.1 Å². The van der Waals surface area contributed by atoms with Gasteiger partial charge in [0.05, 0.1) is 0 Å². The van der Waals surface area contributed by atoms with Crippen molar-refractivity contribution in [3.63, 3.8) is 0 Å². The Balaban J connectivity index is 2.94. The van der Waals surface area contributed by atoms with E-state index in [4.69, 9.17) is 10.4 Å². The van der Waals surface area contributed by atoms with E-state index in [1.54, 1.807) is 0 Å². The Morgan fingerprint density at radius 2 is 1.74 bits per heavy atom. The highest BCUT2D eigenvalue weighted by molar-refractivity contribution is 5.96. The maximum absolute atomic E-state index is 13.0. The lowest BCUT2D eigenvalue weighted by atomic mass is 10.1. The number of nitriles is 1. The molecule has 0 spiro atoms. The van der Waals surface area contributed by atoms with Crippen molar-refractivity contribution in [1.82, 2.24) is 0 Å². The molecule has 1 aromatic rings. The first-order valence-electron chi connectivity index (χ1n) is 5.70. The molecule has 0 heterocycles. The van der Waals surface area contributed by atoms with Crippen LogP contribution >= 0.6 is 0 Å². The lowest BCUT2D eigenvalue weighted by Crippen LogP contribution is -2.45. The summed E-state index contributed by atoms with van der Waals surface area (Å²) in [6, 6.07) is 4.94. The van der Waals surface area contributed by atoms with Gasteiger partial charge in [0.2, 0.25) is 0 Å². The molecule has 0 saturated heterocycles. The van der Waals surface area contributed by atoms with Gasteiger partial charge in [-0.3, -0.25) is 0 Å². The molecular weight excluding hydrogens is 332 g/mol. The fraction of sp³-hybridized carbons (Fsp3) is 0.231. The molecule has 0 aromatic heterocycles. The van der Waals surface area contributed by atoms with E-state index in [1.807, 2.05) is 0 Å². The third-order valence-corrected chi connectivity index (χ3v) is 2.38. The molecule has 10 heteroatoms. The Hall–Kier alpha value is -2.70. The molecule has 1 atom stereocenters. The second-order valence-electron chi connectivity index (χ2n) is 4.11. The molecule has 1 N–H and O–H groups in total. The number of nitrogens with zero attached hydrogens (tertiary/aromatic N) is 1. The molecule has 124 valence electrons. The molecule has 1 rings (SSSR count). The number of hydrogen-bond donors (Lipinski definition) is 1. The van der Waals surface area contributed by atoms with Gasteiger partial charge in [0.15, 0.2) is 0 Å². The summed E-state index contributed by atoms with van der Waals surface area (Å²) in [5.41, 5.74) is -0.558. The quantitative estimate of drug-likeness (QED) is 0.506. The Labute approximate surface area is 125 Å². The first-order chi connectivity index (χ1) is 10.5. The van der Waals surface area contributed by atoms with Crippen LogP contribution in [0.4, 0.5) is 26.3 Å². The van der Waals surface area contributed by atoms with Gasteiger partial charge in [-0.25, -0.2) is 9.18 Å². The van der Waals surface area contributed by atoms with Gasteiger partial charge >= 0.3 is 18.3 Å². The van der Waals surface area contributed by atoms with Crippen LogP contribution in [-0.2, 0) is 4.79 Å². The van der Waals surface area contributed by atoms with Crippen LogP contribution in [0.5, 0.6) is 5.75 Å². The third kappa shape index (κ3) is 4.91. The molecule has 0 aliphatic carbocycles. The van der Waals surface area contributed by atoms with Crippen LogP contribution in [0.1, 0.15) is 5.56 Å². The van der Waals surface area contributed by atoms with Crippen molar-refractivity contribution in [1.29, 1.82) is 5.26 Å². The van der Waals surface area contributed by atoms with E-state index in [0.29, 0.717) is 0 Å². The van der Waals surface area contributed by atoms with E-state index in [2.05, 4.69) is 4.74 Å². The number of benzene rings is 1. The van der Waals surface area contributed by atoms with Crippen LogP contribution in [0.15, 0.2) is 29.8 Å². The smallest absolute Gasteiger partial charge is 0.439 e. The Morgan fingerprint density at radius 3 is 2.13 bits per heavy atom. The number of aliphatic carboxylic acids is 1. The molecule has 0 fully saturated rings. The molecule has 4 nitrogen and oxygen atoms in total. The monoisotopic (exact) mass is 339 g/mol. The maximum Gasteiger partial charge on any atom is 0.439 e. The van der Waals surface area contributed by atoms with Gasteiger partial charge in [0.25, 0.3) is 6.17 Å². The Kier molecular flexibility index (Phi) is 5.26. The summed E-state index contributed by atoms with van der Waals surface area (Å²) in [7, 11) is 0. The van der Waals surface area contributed by atoms with Gasteiger partial charge in [-0.1, -0.05) is 12.1 Å². The van der Waals surface area contributed by atoms with Crippen LogP contribution in [0.3, 0.4) is 0 Å². The van der Waals surface area contributed by atoms with Crippen molar-refractivity contribution in [2.75, 3.05) is 0 Å². The van der Waals surface area contributed by atoms with Crippen molar-refractivity contribution in [3.05, 3.63) is 35.4 Å². The molecule has 0 bridgehead atoms. The summed E-state index contributed by atoms with van der Waals surface area (Å²) in [6.07, 6.45) is -14.5. The van der Waals surface area contributed by atoms with E-state index in [-0.39, 0.29) is 5.56 Å². The number of alkyl halides is 6. The summed E-state index contributed by atoms with van der Waals surface area (Å²) in [6.45, 7) is 0. The van der Waals surface area contributed by atoms with Gasteiger partial charge in [-0.05, 0) is 23.8 Å². The van der Waals surface area contributed by atoms with Crippen LogP contribution in [0.2, 0.25) is 0 Å². The number of carbonyl (C=O) groups is 1. The molecule has 1 aromatic carbocycles. The number of rotatable bonds is 5. The second kappa shape index (κ2) is 6.60. The number of hydrogen-bond acceptors (Lipinski definition) is 3. The SMILES string of the molecule is N#C/C(=C\c1ccc(OC(F)(F)[C@@H](F)C(F)(F)F)cc1)C(=O)O. The van der Waals surface area contributed by atoms with Crippen molar-refractivity contribution >= 4 is 12.0 Å². The minimum Gasteiger partial charge on any atom is -0.477 e. The maximum atomic E-state index is 13.0. The molecular formula is C13H7F6NO3. The highest BCUT2D eigenvalue weighted by atomic mass is 19.4. The van der Waals surface area contributed by atoms with Crippen molar-refractivity contribution in [2.24, 2.45) is 0 Å². The molecule has 23 heavy (non-hydrogen) atoms. The number of carboxylic acid groups (broad SMARTS) is 1. The van der Waals surface area contributed by atoms with Crippen LogP contribution in [0, 0.1) is 11.3 Å². The highest BCUT2D eigenvalue weighted by Gasteiger charge is 2.59. The zero-order valence-electron chi connectivity index (χ0n) is 10.9. The fourth-order valence-corrected chi connectivity index (χ4v) is 1.34. The lowest BCUT2D eigenvalue weighted by Gasteiger charge is -2.23. The van der Waals surface area contributed by atoms with E-state index >= 15 is 0 Å². The van der Waals surface area contributed by atoms with E-state index in [0.717, 1.165) is 30.3 Å². The molecule has 0 aliphatic rings. The number of ether oxygens (including phenoxy) is 1. The third-order valence-electron chi connectivity index (χ3n) is 2.38. The Bertz CT molecular complexity index is 645. The number of halogens is 6. The predicted octanol–water partition coefficient (Wildman–Crippen LogP) is 3.55. The first-order valence-corrected chi connectivity index (χ1v) is 5.70. The van der Waals surface area contributed by atoms with Crippen molar-refractivity contribution in [2.45, 2.75) is 18.5 Å². The van der Waals surface area contributed by atoms with Gasteiger partial charge in [-0.2, -0.15) is 27.2 Å². The average Bonchev–Trinajstić information content (AvgIpc) is 2.44. The largest absolute Gasteiger partial charge is 0.477 e. The Morgan fingerprint density at radius 1 is 1.22 bits per heavy atom. The van der Waals surface area contributed by atoms with E-state index in [1.165, 1.54) is 6.07 Å². The van der Waals surface area contributed by atoms with Crippen molar-refractivity contribution < 1.29 is 41.0 Å². The van der Waals surface area contributed by atoms with Gasteiger partial charge in [0, 0.05) is 0 Å². The summed E-state index contributed by atoms with van der Waals surface area (Å²) in [5, 5.41) is 17.1. The topological polar surface area (TPSA) is 70.3 Å². The van der Waals surface area contributed by atoms with Gasteiger partial charge < -0.3 is 9.84 Å². The zero-order valence-corrected chi connectivity index (χ0v) is 10.9. The lowest BCUT2D eigenvalue weighted by molar-refractivity contribution is -0.304. The van der Waals surface area contributed by atoms with Gasteiger partial charge in [-0.15, -0.1) is 0 Å². The van der Waals surface area contributed by atoms with Crippen LogP contribution in [0.25, 0.3) is 6.08 Å². The van der Waals surface area contributed by atoms with Crippen molar-refractivity contribution in [3.8, 4) is 11.8 Å². The summed E-state index contributed by atoms with van der Waals surface area (Å²) in [5.74, 6) is -2.29. The normalized spacial score (nSPS) is 14.0. The molecule has 0 saturated carbocycles. The average molecular weight is 339 g/mol. The molecule has 0 aliphatic heterocycles. The second-order valence-corrected chi connectivity index (χ2v) is 4.11. The molecule has 0 unspecified atom stereocenters. The highest BCUT2D eigenvalue weighted by Crippen LogP contribution is 2.36. The minimum atomic E-state index is -5.80. The predicted molar refractivity (Wildman–Crippen MR) is 64.2 cm³/mol.